The van der Waals surface area contributed by atoms with Crippen molar-refractivity contribution in [2.45, 2.75) is 0 Å². The Bertz CT molecular complexity index is 2620. The lowest BCUT2D eigenvalue weighted by Gasteiger charge is -2.34. The maximum Gasteiger partial charge on any atom is 0.247 e. The first-order valence-electron chi connectivity index (χ1n) is 22.1. The van der Waals surface area contributed by atoms with E-state index in [0.29, 0.717) is 57.6 Å². The van der Waals surface area contributed by atoms with Crippen LogP contribution >= 0.6 is 23.2 Å². The van der Waals surface area contributed by atoms with Crippen LogP contribution in [0, 0.1) is 0 Å². The molecular formula is C50H54Cl2N12O6. The van der Waals surface area contributed by atoms with Gasteiger partial charge in [0.1, 0.15) is 33.0 Å². The average molecular weight is 990 g/mol. The second-order valence-corrected chi connectivity index (χ2v) is 16.8. The van der Waals surface area contributed by atoms with Crippen molar-refractivity contribution < 1.29 is 28.5 Å². The average Bonchev–Trinajstić information content (AvgIpc) is 3.37. The predicted octanol–water partition coefficient (Wildman–Crippen LogP) is 9.10. The molecule has 0 atom stereocenters. The second kappa shape index (κ2) is 24.1. The van der Waals surface area contributed by atoms with E-state index < -0.39 is 0 Å². The third-order valence-corrected chi connectivity index (χ3v) is 11.5. The summed E-state index contributed by atoms with van der Waals surface area (Å²) in [5.74, 6) is 2.55. The number of ether oxygens (including phenoxy) is 4. The molecule has 4 N–H and O–H groups in total. The van der Waals surface area contributed by atoms with Crippen LogP contribution in [-0.2, 0) is 9.59 Å². The quantitative estimate of drug-likeness (QED) is 0.0673. The summed E-state index contributed by atoms with van der Waals surface area (Å²) in [7, 11) is 7.52. The molecule has 0 spiro atoms. The number of piperazine rings is 2. The lowest BCUT2D eigenvalue weighted by molar-refractivity contribution is -0.112. The summed E-state index contributed by atoms with van der Waals surface area (Å²) in [4.78, 5) is 49.8. The molecule has 0 bridgehead atoms. The van der Waals surface area contributed by atoms with Crippen LogP contribution in [0.25, 0.3) is 0 Å². The lowest BCUT2D eigenvalue weighted by Crippen LogP contribution is -2.44. The number of halogens is 2. The van der Waals surface area contributed by atoms with Crippen LogP contribution in [0.4, 0.5) is 46.0 Å². The summed E-state index contributed by atoms with van der Waals surface area (Å²) >= 11 is 12.6. The zero-order valence-electron chi connectivity index (χ0n) is 39.2. The summed E-state index contributed by atoms with van der Waals surface area (Å²) in [6.45, 7) is 14.8. The fourth-order valence-electron chi connectivity index (χ4n) is 7.18. The number of carbonyl (C=O) groups is 2. The minimum absolute atomic E-state index is 0.171. The van der Waals surface area contributed by atoms with Crippen molar-refractivity contribution in [3.63, 3.8) is 0 Å². The van der Waals surface area contributed by atoms with Crippen LogP contribution in [-0.4, -0.2) is 122 Å². The number of amides is 2. The Balaban J connectivity index is 0.000000206. The molecule has 2 aromatic heterocycles. The number of hydrogen-bond donors (Lipinski definition) is 4. The molecule has 6 aromatic rings. The molecule has 2 aliphatic rings. The number of nitrogens with one attached hydrogen (secondary N) is 4. The molecule has 0 saturated carbocycles. The Hall–Kier alpha value is -7.64. The van der Waals surface area contributed by atoms with Crippen molar-refractivity contribution in [3.05, 3.63) is 133 Å². The van der Waals surface area contributed by atoms with Gasteiger partial charge in [0.15, 0.2) is 0 Å². The van der Waals surface area contributed by atoms with E-state index >= 15 is 0 Å². The van der Waals surface area contributed by atoms with Gasteiger partial charge in [-0.25, -0.2) is 9.97 Å². The molecule has 4 heterocycles. The molecule has 2 amide bonds. The topological polar surface area (TPSA) is 184 Å². The third kappa shape index (κ3) is 13.8. The zero-order valence-corrected chi connectivity index (χ0v) is 40.8. The molecule has 2 fully saturated rings. The first-order valence-corrected chi connectivity index (χ1v) is 22.9. The maximum absolute atomic E-state index is 11.6. The van der Waals surface area contributed by atoms with Gasteiger partial charge in [-0.2, -0.15) is 9.97 Å². The number of benzene rings is 4. The Labute approximate surface area is 416 Å². The summed E-state index contributed by atoms with van der Waals surface area (Å²) in [6, 6.07) is 25.7. The highest BCUT2D eigenvalue weighted by molar-refractivity contribution is 6.32. The molecule has 2 saturated heterocycles. The number of rotatable bonds is 16. The molecular weight excluding hydrogens is 936 g/mol. The van der Waals surface area contributed by atoms with Crippen molar-refractivity contribution in [2.24, 2.45) is 0 Å². The molecule has 8 rings (SSSR count). The minimum atomic E-state index is -0.318. The maximum atomic E-state index is 11.6. The normalized spacial score (nSPS) is 13.7. The standard InChI is InChI=1S/2C25H27ClN6O3/c2*1-4-23(33)28-17-6-5-7-19(14-17)35-24-20(26)16-27-25(30-24)29-21-9-8-18(15-22(21)34-3)32-12-10-31(2)11-13-32/h2*4-9,14-16H,1,10-13H2,2-3H3,(H,28,33)(H,27,29,30). The van der Waals surface area contributed by atoms with E-state index in [1.165, 1.54) is 24.5 Å². The van der Waals surface area contributed by atoms with Crippen LogP contribution in [0.15, 0.2) is 123 Å². The van der Waals surface area contributed by atoms with E-state index in [9.17, 15) is 9.59 Å². The van der Waals surface area contributed by atoms with Crippen LogP contribution in [0.2, 0.25) is 10.0 Å². The Morgan fingerprint density at radius 2 is 0.986 bits per heavy atom. The van der Waals surface area contributed by atoms with Gasteiger partial charge in [-0.05, 0) is 74.8 Å². The van der Waals surface area contributed by atoms with Gasteiger partial charge < -0.3 is 59.8 Å². The van der Waals surface area contributed by atoms with Gasteiger partial charge in [0, 0.05) is 99.4 Å². The summed E-state index contributed by atoms with van der Waals surface area (Å²) in [5.41, 5.74) is 4.75. The summed E-state index contributed by atoms with van der Waals surface area (Å²) < 4.78 is 23.0. The minimum Gasteiger partial charge on any atom is -0.494 e. The Kier molecular flexibility index (Phi) is 17.3. The van der Waals surface area contributed by atoms with E-state index in [-0.39, 0.29) is 33.6 Å². The Morgan fingerprint density at radius 1 is 0.586 bits per heavy atom. The van der Waals surface area contributed by atoms with E-state index in [1.807, 2.05) is 36.4 Å². The highest BCUT2D eigenvalue weighted by Gasteiger charge is 2.19. The molecule has 4 aromatic carbocycles. The summed E-state index contributed by atoms with van der Waals surface area (Å²) in [6.07, 6.45) is 5.30. The van der Waals surface area contributed by atoms with Crippen molar-refractivity contribution >= 4 is 81.0 Å². The van der Waals surface area contributed by atoms with E-state index in [4.69, 9.17) is 42.1 Å². The fourth-order valence-corrected chi connectivity index (χ4v) is 7.44. The van der Waals surface area contributed by atoms with E-state index in [2.05, 4.69) is 88.1 Å². The third-order valence-electron chi connectivity index (χ3n) is 11.0. The monoisotopic (exact) mass is 988 g/mol. The molecule has 0 radical (unpaired) electrons. The first-order chi connectivity index (χ1) is 33.9. The largest absolute Gasteiger partial charge is 0.494 e. The number of hydrogen-bond acceptors (Lipinski definition) is 16. The van der Waals surface area contributed by atoms with Gasteiger partial charge in [0.2, 0.25) is 35.5 Å². The predicted molar refractivity (Wildman–Crippen MR) is 277 cm³/mol. The first kappa shape index (κ1) is 50.2. The highest BCUT2D eigenvalue weighted by Crippen LogP contribution is 2.36. The molecule has 18 nitrogen and oxygen atoms in total. The van der Waals surface area contributed by atoms with Crippen molar-refractivity contribution in [2.75, 3.05) is 112 Å². The molecule has 364 valence electrons. The molecule has 2 aliphatic heterocycles. The molecule has 20 heteroatoms. The molecule has 70 heavy (non-hydrogen) atoms. The smallest absolute Gasteiger partial charge is 0.247 e. The fraction of sp³-hybridized carbons (Fsp3) is 0.240. The van der Waals surface area contributed by atoms with E-state index in [0.717, 1.165) is 63.7 Å². The lowest BCUT2D eigenvalue weighted by atomic mass is 10.2. The van der Waals surface area contributed by atoms with Gasteiger partial charge in [-0.15, -0.1) is 0 Å². The number of nitrogens with zero attached hydrogens (tertiary/aromatic N) is 8. The van der Waals surface area contributed by atoms with Crippen molar-refractivity contribution in [1.29, 1.82) is 0 Å². The number of likely N-dealkylation sites (N-methyl/N-ethyl adjacent to an activating group) is 2. The van der Waals surface area contributed by atoms with Crippen LogP contribution < -0.4 is 50.0 Å². The number of carbonyl (C=O) groups excluding carboxylic acids is 2. The summed E-state index contributed by atoms with van der Waals surface area (Å²) in [5, 5.41) is 12.2. The van der Waals surface area contributed by atoms with Gasteiger partial charge in [0.05, 0.1) is 38.0 Å². The highest BCUT2D eigenvalue weighted by atomic mass is 35.5. The van der Waals surface area contributed by atoms with Crippen LogP contribution in [0.5, 0.6) is 34.8 Å². The van der Waals surface area contributed by atoms with Crippen LogP contribution in [0.1, 0.15) is 0 Å². The second-order valence-electron chi connectivity index (χ2n) is 15.9. The van der Waals surface area contributed by atoms with Gasteiger partial charge in [0.25, 0.3) is 0 Å². The van der Waals surface area contributed by atoms with Crippen molar-refractivity contribution in [3.8, 4) is 34.8 Å². The van der Waals surface area contributed by atoms with Gasteiger partial charge in [-0.3, -0.25) is 9.59 Å². The van der Waals surface area contributed by atoms with Crippen LogP contribution in [0.3, 0.4) is 0 Å². The zero-order chi connectivity index (χ0) is 49.6. The number of aromatic nitrogens is 4. The molecule has 0 unspecified atom stereocenters. The Morgan fingerprint density at radius 3 is 1.36 bits per heavy atom. The number of methoxy groups -OCH3 is 2. The molecule has 0 aliphatic carbocycles. The SMILES string of the molecule is C=CC(=O)Nc1cccc(Oc2nc(Nc3ccc(N4CCN(C)CC4)cc3OC)ncc2Cl)c1.C=CC(=O)Nc1cccc(Oc2nc(Nc3ccc(N4CCN(C)CC4)cc3OC)ncc2Cl)c1. The van der Waals surface area contributed by atoms with E-state index in [1.54, 1.807) is 62.8 Å². The van der Waals surface area contributed by atoms with Gasteiger partial charge >= 0.3 is 0 Å². The van der Waals surface area contributed by atoms with Gasteiger partial charge in [-0.1, -0.05) is 48.5 Å². The van der Waals surface area contributed by atoms with Crippen molar-refractivity contribution in [1.82, 2.24) is 29.7 Å². The number of anilines is 8.